The second-order valence-corrected chi connectivity index (χ2v) is 4.54. The first-order valence-electron chi connectivity index (χ1n) is 5.18. The molecule has 90 valence electrons. The van der Waals surface area contributed by atoms with Crippen LogP contribution in [0.4, 0.5) is 0 Å². The Labute approximate surface area is 99.8 Å². The number of carbonyl (C=O) groups excluding carboxylic acids is 1. The van der Waals surface area contributed by atoms with Gasteiger partial charge < -0.3 is 14.8 Å². The topological polar surface area (TPSA) is 47.6 Å². The largest absolute Gasteiger partial charge is 0.384 e. The number of carbonyl (C=O) groups is 1. The van der Waals surface area contributed by atoms with E-state index in [-0.39, 0.29) is 12.5 Å². The molecule has 0 aliphatic rings. The van der Waals surface area contributed by atoms with Gasteiger partial charge in [-0.15, -0.1) is 0 Å². The Hall–Kier alpha value is -0.130. The summed E-state index contributed by atoms with van der Waals surface area (Å²) >= 11 is 3.44. The number of ether oxygens (including phenoxy) is 2. The lowest BCUT2D eigenvalue weighted by molar-refractivity contribution is -0.125. The fourth-order valence-corrected chi connectivity index (χ4v) is 1.49. The van der Waals surface area contributed by atoms with E-state index >= 15 is 0 Å². The van der Waals surface area contributed by atoms with Crippen LogP contribution in [0, 0.1) is 0 Å². The summed E-state index contributed by atoms with van der Waals surface area (Å²) in [5.74, 6) is -0.0550. The van der Waals surface area contributed by atoms with Gasteiger partial charge >= 0.3 is 0 Å². The Balaban J connectivity index is 3.30. The van der Waals surface area contributed by atoms with Crippen LogP contribution >= 0.6 is 15.9 Å². The van der Waals surface area contributed by atoms with Crippen LogP contribution in [-0.4, -0.2) is 44.2 Å². The summed E-state index contributed by atoms with van der Waals surface area (Å²) in [4.78, 5) is 11.5. The molecule has 15 heavy (non-hydrogen) atoms. The summed E-state index contributed by atoms with van der Waals surface area (Å²) in [5, 5.41) is 2.78. The van der Waals surface area contributed by atoms with Crippen molar-refractivity contribution in [1.82, 2.24) is 5.32 Å². The lowest BCUT2D eigenvalue weighted by Crippen LogP contribution is -2.30. The van der Waals surface area contributed by atoms with Crippen molar-refractivity contribution in [1.29, 1.82) is 0 Å². The minimum atomic E-state index is -0.0550. The molecular weight excluding hydrogens is 262 g/mol. The second kappa shape index (κ2) is 10.4. The minimum Gasteiger partial charge on any atom is -0.384 e. The van der Waals surface area contributed by atoms with Crippen molar-refractivity contribution in [3.63, 3.8) is 0 Å². The van der Waals surface area contributed by atoms with Crippen molar-refractivity contribution < 1.29 is 14.3 Å². The molecule has 0 aromatic heterocycles. The van der Waals surface area contributed by atoms with E-state index in [9.17, 15) is 4.79 Å². The summed E-state index contributed by atoms with van der Waals surface area (Å²) in [6.07, 6.45) is 1.79. The highest BCUT2D eigenvalue weighted by Gasteiger charge is 2.04. The van der Waals surface area contributed by atoms with Crippen LogP contribution < -0.4 is 5.32 Å². The maximum atomic E-state index is 11.2. The summed E-state index contributed by atoms with van der Waals surface area (Å²) < 4.78 is 10.1. The van der Waals surface area contributed by atoms with Gasteiger partial charge in [-0.3, -0.25) is 4.79 Å². The molecule has 0 bridgehead atoms. The van der Waals surface area contributed by atoms with Gasteiger partial charge in [-0.25, -0.2) is 0 Å². The van der Waals surface area contributed by atoms with E-state index in [2.05, 4.69) is 21.2 Å². The normalized spacial score (nSPS) is 12.5. The molecule has 0 aliphatic carbocycles. The minimum absolute atomic E-state index is 0.0550. The molecule has 0 spiro atoms. The van der Waals surface area contributed by atoms with Gasteiger partial charge in [0.2, 0.25) is 5.91 Å². The number of hydrogen-bond donors (Lipinski definition) is 1. The quantitative estimate of drug-likeness (QED) is 0.512. The molecule has 1 N–H and O–H groups in total. The Morgan fingerprint density at radius 1 is 1.53 bits per heavy atom. The third-order valence-corrected chi connectivity index (χ3v) is 2.43. The molecule has 1 atom stereocenters. The molecule has 5 heteroatoms. The van der Waals surface area contributed by atoms with E-state index in [1.54, 1.807) is 7.11 Å². The maximum absolute atomic E-state index is 11.2. The van der Waals surface area contributed by atoms with Crippen molar-refractivity contribution in [2.45, 2.75) is 24.6 Å². The van der Waals surface area contributed by atoms with Crippen LogP contribution in [0.1, 0.15) is 19.8 Å². The molecular formula is C10H20BrNO3. The van der Waals surface area contributed by atoms with Crippen molar-refractivity contribution >= 4 is 21.8 Å². The predicted molar refractivity (Wildman–Crippen MR) is 63.3 cm³/mol. The molecule has 0 saturated carbocycles. The second-order valence-electron chi connectivity index (χ2n) is 3.24. The number of methoxy groups -OCH3 is 1. The Bertz CT molecular complexity index is 167. The van der Waals surface area contributed by atoms with Gasteiger partial charge in [0, 0.05) is 25.1 Å². The van der Waals surface area contributed by atoms with Crippen molar-refractivity contribution in [2.75, 3.05) is 33.5 Å². The number of halogens is 1. The zero-order valence-corrected chi connectivity index (χ0v) is 11.0. The number of amides is 1. The van der Waals surface area contributed by atoms with Gasteiger partial charge in [0.15, 0.2) is 0 Å². The molecule has 0 aromatic rings. The predicted octanol–water partition coefficient (Wildman–Crippen LogP) is 1.33. The van der Waals surface area contributed by atoms with E-state index < -0.39 is 0 Å². The third-order valence-electron chi connectivity index (χ3n) is 1.71. The molecule has 0 radical (unpaired) electrons. The van der Waals surface area contributed by atoms with Gasteiger partial charge in [0.25, 0.3) is 0 Å². The third kappa shape index (κ3) is 10.2. The van der Waals surface area contributed by atoms with Crippen LogP contribution in [0.25, 0.3) is 0 Å². The van der Waals surface area contributed by atoms with Crippen molar-refractivity contribution in [2.24, 2.45) is 0 Å². The van der Waals surface area contributed by atoms with Crippen LogP contribution in [-0.2, 0) is 14.3 Å². The summed E-state index contributed by atoms with van der Waals surface area (Å²) in [6.45, 7) is 4.11. The summed E-state index contributed by atoms with van der Waals surface area (Å²) in [7, 11) is 1.66. The van der Waals surface area contributed by atoms with Crippen molar-refractivity contribution in [3.8, 4) is 0 Å². The average Bonchev–Trinajstić information content (AvgIpc) is 2.18. The number of nitrogens with one attached hydrogen (secondary N) is 1. The van der Waals surface area contributed by atoms with Crippen molar-refractivity contribution in [3.05, 3.63) is 0 Å². The van der Waals surface area contributed by atoms with Gasteiger partial charge in [-0.05, 0) is 12.8 Å². The number of alkyl halides is 1. The van der Waals surface area contributed by atoms with E-state index in [0.717, 1.165) is 12.8 Å². The standard InChI is InChI=1S/C10H20BrNO3/c1-3-6-15-8-10(13)12-5-4-9(11)7-14-2/h9H,3-8H2,1-2H3,(H,12,13). The maximum Gasteiger partial charge on any atom is 0.245 e. The highest BCUT2D eigenvalue weighted by Crippen LogP contribution is 2.03. The van der Waals surface area contributed by atoms with Crippen LogP contribution in [0.5, 0.6) is 0 Å². The summed E-state index contributed by atoms with van der Waals surface area (Å²) in [6, 6.07) is 0. The molecule has 0 saturated heterocycles. The molecule has 0 heterocycles. The first-order valence-corrected chi connectivity index (χ1v) is 6.09. The lowest BCUT2D eigenvalue weighted by Gasteiger charge is -2.09. The average molecular weight is 282 g/mol. The summed E-state index contributed by atoms with van der Waals surface area (Å²) in [5.41, 5.74) is 0. The fourth-order valence-electron chi connectivity index (χ4n) is 0.993. The van der Waals surface area contributed by atoms with Crippen LogP contribution in [0.2, 0.25) is 0 Å². The smallest absolute Gasteiger partial charge is 0.245 e. The number of hydrogen-bond acceptors (Lipinski definition) is 3. The van der Waals surface area contributed by atoms with Gasteiger partial charge in [-0.1, -0.05) is 22.9 Å². The van der Waals surface area contributed by atoms with E-state index in [1.807, 2.05) is 6.92 Å². The Morgan fingerprint density at radius 3 is 2.87 bits per heavy atom. The van der Waals surface area contributed by atoms with Crippen LogP contribution in [0.3, 0.4) is 0 Å². The number of rotatable bonds is 9. The molecule has 4 nitrogen and oxygen atoms in total. The van der Waals surface area contributed by atoms with Gasteiger partial charge in [0.05, 0.1) is 6.61 Å². The zero-order chi connectivity index (χ0) is 11.5. The molecule has 0 rings (SSSR count). The van der Waals surface area contributed by atoms with E-state index in [0.29, 0.717) is 24.6 Å². The zero-order valence-electron chi connectivity index (χ0n) is 9.42. The molecule has 1 amide bonds. The van der Waals surface area contributed by atoms with Gasteiger partial charge in [-0.2, -0.15) is 0 Å². The Kier molecular flexibility index (Phi) is 10.3. The molecule has 1 unspecified atom stereocenters. The fraction of sp³-hybridized carbons (Fsp3) is 0.900. The van der Waals surface area contributed by atoms with E-state index in [1.165, 1.54) is 0 Å². The molecule has 0 fully saturated rings. The first kappa shape index (κ1) is 14.9. The lowest BCUT2D eigenvalue weighted by atomic mass is 10.3. The molecule has 0 aromatic carbocycles. The van der Waals surface area contributed by atoms with Crippen LogP contribution in [0.15, 0.2) is 0 Å². The van der Waals surface area contributed by atoms with E-state index in [4.69, 9.17) is 9.47 Å². The highest BCUT2D eigenvalue weighted by atomic mass is 79.9. The monoisotopic (exact) mass is 281 g/mol. The first-order chi connectivity index (χ1) is 7.20. The highest BCUT2D eigenvalue weighted by molar-refractivity contribution is 9.09. The molecule has 0 aliphatic heterocycles. The van der Waals surface area contributed by atoms with Gasteiger partial charge in [0.1, 0.15) is 6.61 Å². The Morgan fingerprint density at radius 2 is 2.27 bits per heavy atom. The SMILES string of the molecule is CCCOCC(=O)NCCC(Br)COC.